The molecule has 3 rings (SSSR count). The Morgan fingerprint density at radius 3 is 1.60 bits per heavy atom. The van der Waals surface area contributed by atoms with Crippen molar-refractivity contribution in [1.82, 2.24) is 0 Å². The van der Waals surface area contributed by atoms with Crippen molar-refractivity contribution < 1.29 is 181 Å². The molecule has 23 heteroatoms. The number of nitrogens with one attached hydrogen (secondary N) is 1. The summed E-state index contributed by atoms with van der Waals surface area (Å²) < 4.78 is 132. The average molecular weight is 679 g/mol. The van der Waals surface area contributed by atoms with Crippen LogP contribution >= 0.6 is 0 Å². The molecule has 0 atom stereocenters. The van der Waals surface area contributed by atoms with Crippen LogP contribution in [0.5, 0.6) is 0 Å². The van der Waals surface area contributed by atoms with Crippen molar-refractivity contribution in [2.45, 2.75) is 19.6 Å². The van der Waals surface area contributed by atoms with Crippen LogP contribution in [0.1, 0.15) is 16.1 Å². The minimum Gasteiger partial charge on any atom is -1.00 e. The van der Waals surface area contributed by atoms with Gasteiger partial charge in [-0.25, -0.2) is 0 Å². The summed E-state index contributed by atoms with van der Waals surface area (Å²) in [5, 5.41) is 0.357. The molecule has 0 aliphatic carbocycles. The molecule has 0 aliphatic heterocycles. The number of hydrogen-bond donors (Lipinski definition) is 6. The Bertz CT molecular complexity index is 1920. The number of rotatable bonds is 6. The Labute approximate surface area is 323 Å². The summed E-state index contributed by atoms with van der Waals surface area (Å²) in [6, 6.07) is 4.80. The fraction of sp³-hybridized carbons (Fsp3) is 0. The predicted molar refractivity (Wildman–Crippen MR) is 126 cm³/mol. The number of fused-ring (bicyclic) bond motifs is 1. The summed E-state index contributed by atoms with van der Waals surface area (Å²) in [6.45, 7) is 0. The van der Waals surface area contributed by atoms with Crippen molar-refractivity contribution in [3.8, 4) is 0 Å². The molecule has 3 aromatic carbocycles. The summed E-state index contributed by atoms with van der Waals surface area (Å²) in [6.07, 6.45) is 0. The first-order valence-corrected chi connectivity index (χ1v) is 14.7. The van der Waals surface area contributed by atoms with E-state index in [1.54, 1.807) is 0 Å². The van der Waals surface area contributed by atoms with Gasteiger partial charge in [-0.3, -0.25) is 23.0 Å². The quantitative estimate of drug-likeness (QED) is 0.0803. The Kier molecular flexibility index (Phi) is 16.3. The molecule has 0 radical (unpaired) electrons. The topological polar surface area (TPSA) is 273 Å². The third kappa shape index (κ3) is 9.92. The van der Waals surface area contributed by atoms with Gasteiger partial charge in [0, 0.05) is 16.5 Å². The van der Waals surface area contributed by atoms with Crippen LogP contribution in [0.4, 0.5) is 11.4 Å². The van der Waals surface area contributed by atoms with Gasteiger partial charge in [0.15, 0.2) is 0 Å². The number of anilines is 2. The van der Waals surface area contributed by atoms with Crippen LogP contribution in [0.2, 0.25) is 0 Å². The molecular weight excluding hydrogens is 660 g/mol. The Morgan fingerprint density at radius 1 is 0.650 bits per heavy atom. The molecule has 15 nitrogen and oxygen atoms in total. The second-order valence-electron chi connectivity index (χ2n) is 7.07. The molecule has 0 fully saturated rings. The number of carbonyl (C=O) groups excluding carboxylic acids is 1. The monoisotopic (exact) mass is 678 g/mol. The Balaban J connectivity index is -0.000000451. The molecule has 0 bridgehead atoms. The van der Waals surface area contributed by atoms with Crippen LogP contribution in [-0.4, -0.2) is 57.8 Å². The molecule has 1 amide bonds. The maximum atomic E-state index is 12.9. The second kappa shape index (κ2) is 15.2. The minimum absolute atomic E-state index is 0. The molecule has 0 saturated carbocycles. The van der Waals surface area contributed by atoms with Crippen molar-refractivity contribution in [2.75, 3.05) is 11.1 Å². The normalized spacial score (nSPS) is 11.7. The van der Waals surface area contributed by atoms with E-state index in [0.29, 0.717) is 12.1 Å². The minimum atomic E-state index is -5.39. The number of carbonyl (C=O) groups is 1. The largest absolute Gasteiger partial charge is 1.00 e. The van der Waals surface area contributed by atoms with Crippen molar-refractivity contribution >= 4 is 68.5 Å². The zero-order valence-corrected chi connectivity index (χ0v) is 32.5. The van der Waals surface area contributed by atoms with Gasteiger partial charge in [0.2, 0.25) is 0 Å². The van der Waals surface area contributed by atoms with Crippen LogP contribution < -0.4 is 129 Å². The van der Waals surface area contributed by atoms with Crippen molar-refractivity contribution in [3.05, 3.63) is 48.0 Å². The first-order valence-electron chi connectivity index (χ1n) is 8.93. The SMILES string of the molecule is Nc1ccc(C(=O)Nc2ccc(S(=O)(=O)O)c3cc(S(=O)(=O)O)cc(S(=O)(=O)O)c23)c(S(=O)(=O)O)c1.[H-].[H-].[H-].[H-].[Na+].[Na+].[Na+].[Na+]. The third-order valence-electron chi connectivity index (χ3n) is 4.64. The van der Waals surface area contributed by atoms with Crippen LogP contribution in [0, 0.1) is 0 Å². The van der Waals surface area contributed by atoms with E-state index in [1.807, 2.05) is 0 Å². The summed E-state index contributed by atoms with van der Waals surface area (Å²) in [5.41, 5.74) is 4.01. The molecule has 202 valence electrons. The van der Waals surface area contributed by atoms with Gasteiger partial charge in [0.05, 0.1) is 16.1 Å². The standard InChI is InChI=1S/C17H14N2O13S4.4Na.4H/c18-8-1-2-10(14(5-8)35(27,28)29)17(20)19-12-3-4-13(34(24,25)26)11-6-9(33(21,22)23)7-15(16(11)12)36(30,31)32;;;;;;;;/h1-7H,18H2,(H,19,20)(H,21,22,23)(H,24,25,26)(H,27,28,29)(H,30,31,32);;;;;;;;/q;4*+1;4*-1. The van der Waals surface area contributed by atoms with Gasteiger partial charge in [0.25, 0.3) is 46.4 Å². The number of amides is 1. The van der Waals surface area contributed by atoms with Crippen molar-refractivity contribution in [1.29, 1.82) is 0 Å². The fourth-order valence-electron chi connectivity index (χ4n) is 3.21. The zero-order chi connectivity index (χ0) is 27.4. The maximum absolute atomic E-state index is 12.9. The second-order valence-corrected chi connectivity index (χ2v) is 12.7. The van der Waals surface area contributed by atoms with Crippen LogP contribution in [-0.2, 0) is 40.5 Å². The van der Waals surface area contributed by atoms with E-state index in [1.165, 1.54) is 0 Å². The fourth-order valence-corrected chi connectivity index (χ4v) is 5.97. The summed E-state index contributed by atoms with van der Waals surface area (Å²) in [4.78, 5) is 8.35. The predicted octanol–water partition coefficient (Wildman–Crippen LogP) is -10.9. The van der Waals surface area contributed by atoms with Gasteiger partial charge in [0.1, 0.15) is 14.7 Å². The molecule has 0 saturated heterocycles. The average Bonchev–Trinajstić information content (AvgIpc) is 2.70. The van der Waals surface area contributed by atoms with E-state index in [9.17, 15) is 56.7 Å². The molecule has 0 heterocycles. The van der Waals surface area contributed by atoms with Crippen molar-refractivity contribution in [2.24, 2.45) is 0 Å². The molecular formula is C17H18N2Na4O13S4. The van der Waals surface area contributed by atoms with Crippen LogP contribution in [0.15, 0.2) is 62.0 Å². The van der Waals surface area contributed by atoms with E-state index < -0.39 is 88.0 Å². The third-order valence-corrected chi connectivity index (χ3v) is 8.16. The number of hydrogen-bond acceptors (Lipinski definition) is 10. The summed E-state index contributed by atoms with van der Waals surface area (Å²) >= 11 is 0. The molecule has 40 heavy (non-hydrogen) atoms. The first kappa shape index (κ1) is 43.0. The van der Waals surface area contributed by atoms with Gasteiger partial charge < -0.3 is 16.8 Å². The maximum Gasteiger partial charge on any atom is 1.00 e. The smallest absolute Gasteiger partial charge is 1.00 e. The zero-order valence-electron chi connectivity index (χ0n) is 25.2. The molecule has 7 N–H and O–H groups in total. The van der Waals surface area contributed by atoms with E-state index >= 15 is 0 Å². The van der Waals surface area contributed by atoms with Gasteiger partial charge in [-0.2, -0.15) is 33.7 Å². The molecule has 0 aliphatic rings. The Morgan fingerprint density at radius 2 is 1.15 bits per heavy atom. The van der Waals surface area contributed by atoms with E-state index in [0.717, 1.165) is 24.3 Å². The van der Waals surface area contributed by atoms with Crippen LogP contribution in [0.3, 0.4) is 0 Å². The van der Waals surface area contributed by atoms with Crippen LogP contribution in [0.25, 0.3) is 10.8 Å². The van der Waals surface area contributed by atoms with E-state index in [2.05, 4.69) is 5.32 Å². The van der Waals surface area contributed by atoms with E-state index in [-0.39, 0.29) is 136 Å². The van der Waals surface area contributed by atoms with E-state index in [4.69, 9.17) is 5.73 Å². The number of nitrogen functional groups attached to an aromatic ring is 1. The van der Waals surface area contributed by atoms with Gasteiger partial charge in [-0.1, -0.05) is 0 Å². The summed E-state index contributed by atoms with van der Waals surface area (Å²) in [7, 11) is -20.8. The number of nitrogens with two attached hydrogens (primary N) is 1. The molecule has 3 aromatic rings. The van der Waals surface area contributed by atoms with Crippen molar-refractivity contribution in [3.63, 3.8) is 0 Å². The summed E-state index contributed by atoms with van der Waals surface area (Å²) in [5.74, 6) is -1.30. The molecule has 0 spiro atoms. The Hall–Kier alpha value is 0.830. The molecule has 0 unspecified atom stereocenters. The first-order chi connectivity index (χ1) is 16.2. The number of benzene rings is 3. The van der Waals surface area contributed by atoms with Gasteiger partial charge in [-0.05, 0) is 42.5 Å². The van der Waals surface area contributed by atoms with Gasteiger partial charge in [-0.15, -0.1) is 0 Å². The van der Waals surface area contributed by atoms with Gasteiger partial charge >= 0.3 is 118 Å². The molecule has 0 aromatic heterocycles.